The number of hydrogen-bond acceptors (Lipinski definition) is 2. The lowest BCUT2D eigenvalue weighted by molar-refractivity contribution is 0.0819. The Labute approximate surface area is 105 Å². The number of methoxy groups -OCH3 is 1. The van der Waals surface area contributed by atoms with Crippen molar-refractivity contribution in [2.24, 2.45) is 0 Å². The maximum Gasteiger partial charge on any atom is 0.0605 e. The summed E-state index contributed by atoms with van der Waals surface area (Å²) in [5, 5.41) is 0. The molecule has 2 nitrogen and oxygen atoms in total. The summed E-state index contributed by atoms with van der Waals surface area (Å²) in [7, 11) is 1.81. The molecule has 0 amide bonds. The lowest BCUT2D eigenvalue weighted by atomic mass is 10.1. The van der Waals surface area contributed by atoms with E-state index >= 15 is 0 Å². The molecule has 1 fully saturated rings. The van der Waals surface area contributed by atoms with Crippen LogP contribution in [0, 0.1) is 3.57 Å². The van der Waals surface area contributed by atoms with Crippen LogP contribution in [0.5, 0.6) is 0 Å². The van der Waals surface area contributed by atoms with E-state index in [-0.39, 0.29) is 0 Å². The lowest BCUT2D eigenvalue weighted by Crippen LogP contribution is -2.36. The summed E-state index contributed by atoms with van der Waals surface area (Å²) < 4.78 is 6.68. The monoisotopic (exact) mass is 317 g/mol. The van der Waals surface area contributed by atoms with E-state index in [4.69, 9.17) is 4.74 Å². The highest BCUT2D eigenvalue weighted by Crippen LogP contribution is 2.22. The molecule has 0 aliphatic carbocycles. The second kappa shape index (κ2) is 5.16. The molecule has 0 aromatic heterocycles. The minimum absolute atomic E-state index is 0.462. The average molecular weight is 317 g/mol. The van der Waals surface area contributed by atoms with E-state index in [1.165, 1.54) is 9.26 Å². The molecule has 1 aromatic rings. The van der Waals surface area contributed by atoms with Crippen molar-refractivity contribution in [3.05, 3.63) is 27.8 Å². The highest BCUT2D eigenvalue weighted by atomic mass is 127. The molecule has 0 saturated carbocycles. The first-order chi connectivity index (χ1) is 7.29. The molecule has 15 heavy (non-hydrogen) atoms. The molecule has 0 N–H and O–H groups in total. The number of rotatable bonds is 2. The van der Waals surface area contributed by atoms with Gasteiger partial charge in [-0.1, -0.05) is 6.07 Å². The van der Waals surface area contributed by atoms with Crippen molar-refractivity contribution in [3.63, 3.8) is 0 Å². The molecule has 0 unspecified atom stereocenters. The standard InChI is InChI=1S/C12H16INO/c1-15-12-5-7-14(8-6-12)11-4-2-3-10(13)9-11/h2-4,9,12H,5-8H2,1H3. The Balaban J connectivity index is 2.01. The first-order valence-corrected chi connectivity index (χ1v) is 6.41. The van der Waals surface area contributed by atoms with Gasteiger partial charge < -0.3 is 9.64 Å². The lowest BCUT2D eigenvalue weighted by Gasteiger charge is -2.33. The maximum atomic E-state index is 5.37. The minimum Gasteiger partial charge on any atom is -0.381 e. The number of halogens is 1. The van der Waals surface area contributed by atoms with Crippen LogP contribution in [0.4, 0.5) is 5.69 Å². The van der Waals surface area contributed by atoms with Gasteiger partial charge in [-0.25, -0.2) is 0 Å². The summed E-state index contributed by atoms with van der Waals surface area (Å²) in [6, 6.07) is 8.69. The predicted molar refractivity (Wildman–Crippen MR) is 71.4 cm³/mol. The van der Waals surface area contributed by atoms with Crippen LogP contribution in [-0.2, 0) is 4.74 Å². The molecule has 1 aromatic carbocycles. The summed E-state index contributed by atoms with van der Waals surface area (Å²) in [6.45, 7) is 2.22. The largest absolute Gasteiger partial charge is 0.381 e. The Morgan fingerprint density at radius 1 is 1.33 bits per heavy atom. The van der Waals surface area contributed by atoms with Gasteiger partial charge >= 0.3 is 0 Å². The van der Waals surface area contributed by atoms with Crippen LogP contribution < -0.4 is 4.90 Å². The highest BCUT2D eigenvalue weighted by Gasteiger charge is 2.18. The van der Waals surface area contributed by atoms with E-state index in [9.17, 15) is 0 Å². The summed E-state index contributed by atoms with van der Waals surface area (Å²) in [5.74, 6) is 0. The molecule has 1 heterocycles. The smallest absolute Gasteiger partial charge is 0.0605 e. The Hall–Kier alpha value is -0.290. The Morgan fingerprint density at radius 2 is 2.07 bits per heavy atom. The third-order valence-corrected chi connectivity index (χ3v) is 3.62. The van der Waals surface area contributed by atoms with Gasteiger partial charge in [0.15, 0.2) is 0 Å². The second-order valence-corrected chi connectivity index (χ2v) is 5.15. The van der Waals surface area contributed by atoms with E-state index in [0.29, 0.717) is 6.10 Å². The summed E-state index contributed by atoms with van der Waals surface area (Å²) in [4.78, 5) is 2.44. The van der Waals surface area contributed by atoms with Gasteiger partial charge in [0, 0.05) is 29.5 Å². The molecule has 0 radical (unpaired) electrons. The van der Waals surface area contributed by atoms with Crippen LogP contribution in [0.2, 0.25) is 0 Å². The molecule has 82 valence electrons. The van der Waals surface area contributed by atoms with Crippen LogP contribution in [0.15, 0.2) is 24.3 Å². The van der Waals surface area contributed by atoms with E-state index in [1.807, 2.05) is 7.11 Å². The maximum absolute atomic E-state index is 5.37. The van der Waals surface area contributed by atoms with Gasteiger partial charge in [0.1, 0.15) is 0 Å². The molecule has 1 aliphatic rings. The topological polar surface area (TPSA) is 12.5 Å². The number of benzene rings is 1. The minimum atomic E-state index is 0.462. The van der Waals surface area contributed by atoms with Crippen LogP contribution in [0.3, 0.4) is 0 Å². The number of hydrogen-bond donors (Lipinski definition) is 0. The van der Waals surface area contributed by atoms with Crippen molar-refractivity contribution in [1.82, 2.24) is 0 Å². The zero-order valence-electron chi connectivity index (χ0n) is 8.95. The fraction of sp³-hybridized carbons (Fsp3) is 0.500. The molecule has 3 heteroatoms. The van der Waals surface area contributed by atoms with E-state index < -0.39 is 0 Å². The molecule has 0 atom stereocenters. The summed E-state index contributed by atoms with van der Waals surface area (Å²) in [6.07, 6.45) is 2.74. The molecule has 1 saturated heterocycles. The number of nitrogens with zero attached hydrogens (tertiary/aromatic N) is 1. The fourth-order valence-electron chi connectivity index (χ4n) is 2.02. The van der Waals surface area contributed by atoms with Crippen LogP contribution in [0.1, 0.15) is 12.8 Å². The van der Waals surface area contributed by atoms with E-state index in [1.54, 1.807) is 0 Å². The highest BCUT2D eigenvalue weighted by molar-refractivity contribution is 14.1. The van der Waals surface area contributed by atoms with Crippen molar-refractivity contribution in [1.29, 1.82) is 0 Å². The number of anilines is 1. The molecule has 2 rings (SSSR count). The quantitative estimate of drug-likeness (QED) is 0.778. The van der Waals surface area contributed by atoms with Crippen molar-refractivity contribution in [2.75, 3.05) is 25.1 Å². The van der Waals surface area contributed by atoms with Crippen LogP contribution in [0.25, 0.3) is 0 Å². The summed E-state index contributed by atoms with van der Waals surface area (Å²) >= 11 is 2.36. The summed E-state index contributed by atoms with van der Waals surface area (Å²) in [5.41, 5.74) is 1.34. The third kappa shape index (κ3) is 2.84. The average Bonchev–Trinajstić information content (AvgIpc) is 2.29. The Morgan fingerprint density at radius 3 is 2.67 bits per heavy atom. The first kappa shape index (κ1) is 11.2. The van der Waals surface area contributed by atoms with Crippen molar-refractivity contribution >= 4 is 28.3 Å². The normalized spacial score (nSPS) is 18.1. The van der Waals surface area contributed by atoms with Crippen molar-refractivity contribution < 1.29 is 4.74 Å². The second-order valence-electron chi connectivity index (χ2n) is 3.90. The van der Waals surface area contributed by atoms with E-state index in [2.05, 4.69) is 51.8 Å². The molecule has 0 bridgehead atoms. The number of ether oxygens (including phenoxy) is 1. The van der Waals surface area contributed by atoms with Gasteiger partial charge in [0.2, 0.25) is 0 Å². The SMILES string of the molecule is COC1CCN(c2cccc(I)c2)CC1. The zero-order valence-corrected chi connectivity index (χ0v) is 11.1. The predicted octanol–water partition coefficient (Wildman–Crippen LogP) is 2.91. The van der Waals surface area contributed by atoms with Crippen molar-refractivity contribution in [3.8, 4) is 0 Å². The first-order valence-electron chi connectivity index (χ1n) is 5.33. The third-order valence-electron chi connectivity index (χ3n) is 2.95. The molecular formula is C12H16INO. The zero-order chi connectivity index (χ0) is 10.7. The van der Waals surface area contributed by atoms with Crippen LogP contribution >= 0.6 is 22.6 Å². The van der Waals surface area contributed by atoms with Crippen molar-refractivity contribution in [2.45, 2.75) is 18.9 Å². The van der Waals surface area contributed by atoms with Gasteiger partial charge in [-0.2, -0.15) is 0 Å². The van der Waals surface area contributed by atoms with Gasteiger partial charge in [0.05, 0.1) is 6.10 Å². The Kier molecular flexibility index (Phi) is 3.86. The molecule has 1 aliphatic heterocycles. The van der Waals surface area contributed by atoms with Crippen LogP contribution in [-0.4, -0.2) is 26.3 Å². The number of piperidine rings is 1. The molecular weight excluding hydrogens is 301 g/mol. The van der Waals surface area contributed by atoms with Gasteiger partial charge in [0.25, 0.3) is 0 Å². The van der Waals surface area contributed by atoms with Gasteiger partial charge in [-0.15, -0.1) is 0 Å². The fourth-order valence-corrected chi connectivity index (χ4v) is 2.55. The Bertz CT molecular complexity index is 321. The molecule has 0 spiro atoms. The van der Waals surface area contributed by atoms with Gasteiger partial charge in [-0.05, 0) is 53.6 Å². The van der Waals surface area contributed by atoms with E-state index in [0.717, 1.165) is 25.9 Å². The van der Waals surface area contributed by atoms with Gasteiger partial charge in [-0.3, -0.25) is 0 Å².